The number of hydrogen-bond acceptors (Lipinski definition) is 4. The van der Waals surface area contributed by atoms with Gasteiger partial charge in [0.2, 0.25) is 0 Å². The molecule has 6 nitrogen and oxygen atoms in total. The van der Waals surface area contributed by atoms with Crippen LogP contribution in [0.5, 0.6) is 5.75 Å². The molecular weight excluding hydrogens is 376 g/mol. The summed E-state index contributed by atoms with van der Waals surface area (Å²) in [5, 5.41) is 11.2. The number of likely N-dealkylation sites (tertiary alicyclic amines) is 1. The third kappa shape index (κ3) is 3.44. The Morgan fingerprint density at radius 3 is 2.70 bits per heavy atom. The van der Waals surface area contributed by atoms with Crippen molar-refractivity contribution in [2.75, 3.05) is 20.2 Å². The van der Waals surface area contributed by atoms with Crippen LogP contribution in [0.1, 0.15) is 60.0 Å². The summed E-state index contributed by atoms with van der Waals surface area (Å²) in [6.45, 7) is 2.46. The molecular formula is C24H28N4O2. The highest BCUT2D eigenvalue weighted by Crippen LogP contribution is 2.31. The number of rotatable bonds is 3. The maximum Gasteiger partial charge on any atom is 0.257 e. The second-order valence-corrected chi connectivity index (χ2v) is 8.43. The molecule has 3 heterocycles. The molecule has 1 fully saturated rings. The van der Waals surface area contributed by atoms with Crippen LogP contribution >= 0.6 is 0 Å². The molecule has 5 rings (SSSR count). The summed E-state index contributed by atoms with van der Waals surface area (Å²) in [5.74, 6) is 3.10. The van der Waals surface area contributed by atoms with E-state index in [4.69, 9.17) is 4.74 Å². The SMILES string of the molecule is COc1cc2ccccc2cc1C(=O)N1CCCC(c2nnc3n2CCCCC3)C1. The first-order chi connectivity index (χ1) is 14.7. The van der Waals surface area contributed by atoms with Crippen molar-refractivity contribution in [3.05, 3.63) is 53.6 Å². The highest BCUT2D eigenvalue weighted by atomic mass is 16.5. The van der Waals surface area contributed by atoms with Gasteiger partial charge in [-0.3, -0.25) is 4.79 Å². The van der Waals surface area contributed by atoms with Crippen molar-refractivity contribution in [1.82, 2.24) is 19.7 Å². The third-order valence-corrected chi connectivity index (χ3v) is 6.51. The Kier molecular flexibility index (Phi) is 5.15. The molecule has 2 aliphatic rings. The fourth-order valence-corrected chi connectivity index (χ4v) is 4.91. The van der Waals surface area contributed by atoms with Crippen LogP contribution in [0.25, 0.3) is 10.8 Å². The van der Waals surface area contributed by atoms with Gasteiger partial charge in [-0.25, -0.2) is 0 Å². The molecule has 30 heavy (non-hydrogen) atoms. The number of methoxy groups -OCH3 is 1. The number of nitrogens with zero attached hydrogens (tertiary/aromatic N) is 4. The van der Waals surface area contributed by atoms with Gasteiger partial charge in [-0.2, -0.15) is 0 Å². The summed E-state index contributed by atoms with van der Waals surface area (Å²) >= 11 is 0. The molecule has 0 saturated carbocycles. The predicted molar refractivity (Wildman–Crippen MR) is 116 cm³/mol. The van der Waals surface area contributed by atoms with Crippen molar-refractivity contribution in [2.45, 2.75) is 51.0 Å². The second kappa shape index (κ2) is 8.09. The highest BCUT2D eigenvalue weighted by Gasteiger charge is 2.31. The van der Waals surface area contributed by atoms with E-state index in [1.165, 1.54) is 19.3 Å². The largest absolute Gasteiger partial charge is 0.496 e. The molecule has 0 bridgehead atoms. The molecule has 0 N–H and O–H groups in total. The number of benzene rings is 2. The van der Waals surface area contributed by atoms with Gasteiger partial charge in [-0.15, -0.1) is 10.2 Å². The number of carbonyl (C=O) groups is 1. The van der Waals surface area contributed by atoms with Gasteiger partial charge in [0.15, 0.2) is 0 Å². The Balaban J connectivity index is 1.42. The topological polar surface area (TPSA) is 60.2 Å². The third-order valence-electron chi connectivity index (χ3n) is 6.51. The van der Waals surface area contributed by atoms with E-state index < -0.39 is 0 Å². The van der Waals surface area contributed by atoms with Crippen molar-refractivity contribution in [2.24, 2.45) is 0 Å². The number of fused-ring (bicyclic) bond motifs is 2. The van der Waals surface area contributed by atoms with Crippen molar-refractivity contribution in [3.8, 4) is 5.75 Å². The Bertz CT molecular complexity index is 1070. The van der Waals surface area contributed by atoms with Crippen LogP contribution in [0, 0.1) is 0 Å². The average Bonchev–Trinajstić information content (AvgIpc) is 3.06. The molecule has 1 unspecified atom stereocenters. The number of ether oxygens (including phenoxy) is 1. The van der Waals surface area contributed by atoms with E-state index in [9.17, 15) is 4.79 Å². The molecule has 2 aromatic carbocycles. The molecule has 0 spiro atoms. The van der Waals surface area contributed by atoms with Crippen LogP contribution in [0.3, 0.4) is 0 Å². The van der Waals surface area contributed by atoms with Gasteiger partial charge in [0.05, 0.1) is 12.7 Å². The highest BCUT2D eigenvalue weighted by molar-refractivity contribution is 6.01. The molecule has 0 aliphatic carbocycles. The van der Waals surface area contributed by atoms with Gasteiger partial charge in [0.25, 0.3) is 5.91 Å². The van der Waals surface area contributed by atoms with Gasteiger partial charge < -0.3 is 14.2 Å². The van der Waals surface area contributed by atoms with Crippen LogP contribution < -0.4 is 4.74 Å². The number of carbonyl (C=O) groups excluding carboxylic acids is 1. The summed E-state index contributed by atoms with van der Waals surface area (Å²) in [4.78, 5) is 15.5. The Morgan fingerprint density at radius 2 is 1.87 bits per heavy atom. The number of piperidine rings is 1. The first kappa shape index (κ1) is 19.1. The van der Waals surface area contributed by atoms with E-state index in [-0.39, 0.29) is 11.8 Å². The van der Waals surface area contributed by atoms with Gasteiger partial charge in [-0.05, 0) is 48.6 Å². The van der Waals surface area contributed by atoms with Crippen LogP contribution in [0.15, 0.2) is 36.4 Å². The van der Waals surface area contributed by atoms with Gasteiger partial charge in [0, 0.05) is 32.0 Å². The number of amides is 1. The Morgan fingerprint density at radius 1 is 1.03 bits per heavy atom. The minimum atomic E-state index is 0.0397. The van der Waals surface area contributed by atoms with E-state index in [1.54, 1.807) is 7.11 Å². The monoisotopic (exact) mass is 404 g/mol. The first-order valence-corrected chi connectivity index (χ1v) is 11.0. The molecule has 1 aromatic heterocycles. The minimum absolute atomic E-state index is 0.0397. The smallest absolute Gasteiger partial charge is 0.257 e. The normalized spacial score (nSPS) is 19.4. The van der Waals surface area contributed by atoms with E-state index in [0.29, 0.717) is 17.9 Å². The lowest BCUT2D eigenvalue weighted by molar-refractivity contribution is 0.0700. The van der Waals surface area contributed by atoms with Crippen LogP contribution in [-0.2, 0) is 13.0 Å². The molecule has 1 amide bonds. The lowest BCUT2D eigenvalue weighted by Gasteiger charge is -2.33. The number of hydrogen-bond donors (Lipinski definition) is 0. The van der Waals surface area contributed by atoms with E-state index >= 15 is 0 Å². The molecule has 3 aromatic rings. The lowest BCUT2D eigenvalue weighted by atomic mass is 9.96. The number of aryl methyl sites for hydroxylation is 1. The molecule has 0 radical (unpaired) electrons. The van der Waals surface area contributed by atoms with Gasteiger partial charge >= 0.3 is 0 Å². The molecule has 2 aliphatic heterocycles. The fraction of sp³-hybridized carbons (Fsp3) is 0.458. The predicted octanol–water partition coefficient (Wildman–Crippen LogP) is 4.19. The number of aromatic nitrogens is 3. The van der Waals surface area contributed by atoms with E-state index in [0.717, 1.165) is 54.8 Å². The summed E-state index contributed by atoms with van der Waals surface area (Å²) in [7, 11) is 1.63. The average molecular weight is 405 g/mol. The summed E-state index contributed by atoms with van der Waals surface area (Å²) in [6.07, 6.45) is 6.67. The quantitative estimate of drug-likeness (QED) is 0.657. The maximum absolute atomic E-state index is 13.5. The summed E-state index contributed by atoms with van der Waals surface area (Å²) < 4.78 is 7.90. The molecule has 156 valence electrons. The van der Waals surface area contributed by atoms with Crippen molar-refractivity contribution in [1.29, 1.82) is 0 Å². The second-order valence-electron chi connectivity index (χ2n) is 8.43. The van der Waals surface area contributed by atoms with Crippen molar-refractivity contribution in [3.63, 3.8) is 0 Å². The van der Waals surface area contributed by atoms with Gasteiger partial charge in [0.1, 0.15) is 17.4 Å². The zero-order chi connectivity index (χ0) is 20.5. The zero-order valence-electron chi connectivity index (χ0n) is 17.5. The van der Waals surface area contributed by atoms with Crippen LogP contribution in [0.4, 0.5) is 0 Å². The Labute approximate surface area is 176 Å². The van der Waals surface area contributed by atoms with Crippen molar-refractivity contribution < 1.29 is 9.53 Å². The van der Waals surface area contributed by atoms with Crippen molar-refractivity contribution >= 4 is 16.7 Å². The standard InChI is InChI=1S/C24H28N4O2/c1-30-21-15-18-9-5-4-8-17(18)14-20(21)24(29)27-12-7-10-19(16-27)23-26-25-22-11-3-2-6-13-28(22)23/h4-5,8-9,14-15,19H,2-3,6-7,10-13,16H2,1H3. The Hall–Kier alpha value is -2.89. The maximum atomic E-state index is 13.5. The van der Waals surface area contributed by atoms with Crippen LogP contribution in [0.2, 0.25) is 0 Å². The molecule has 1 saturated heterocycles. The molecule has 1 atom stereocenters. The zero-order valence-corrected chi connectivity index (χ0v) is 17.5. The summed E-state index contributed by atoms with van der Waals surface area (Å²) in [5.41, 5.74) is 0.636. The van der Waals surface area contributed by atoms with E-state index in [2.05, 4.69) is 14.8 Å². The summed E-state index contributed by atoms with van der Waals surface area (Å²) in [6, 6.07) is 12.0. The molecule has 6 heteroatoms. The first-order valence-electron chi connectivity index (χ1n) is 11.0. The minimum Gasteiger partial charge on any atom is -0.496 e. The van der Waals surface area contributed by atoms with Gasteiger partial charge in [-0.1, -0.05) is 30.7 Å². The van der Waals surface area contributed by atoms with E-state index in [1.807, 2.05) is 41.3 Å². The lowest BCUT2D eigenvalue weighted by Crippen LogP contribution is -2.40. The van der Waals surface area contributed by atoms with Crippen LogP contribution in [-0.4, -0.2) is 45.8 Å². The fourth-order valence-electron chi connectivity index (χ4n) is 4.91.